The van der Waals surface area contributed by atoms with E-state index in [2.05, 4.69) is 44.2 Å². The highest BCUT2D eigenvalue weighted by Crippen LogP contribution is 2.39. The van der Waals surface area contributed by atoms with Crippen LogP contribution in [0.4, 0.5) is 4.39 Å². The molecule has 0 aliphatic heterocycles. The lowest BCUT2D eigenvalue weighted by molar-refractivity contribution is 0.0328. The molecular formula is C29H39FO. The average molecular weight is 423 g/mol. The molecule has 168 valence electrons. The third-order valence-corrected chi connectivity index (χ3v) is 7.78. The second kappa shape index (κ2) is 10.8. The summed E-state index contributed by atoms with van der Waals surface area (Å²) in [7, 11) is 0. The Bertz CT molecular complexity index is 811. The molecular weight excluding hydrogens is 383 g/mol. The van der Waals surface area contributed by atoms with Gasteiger partial charge in [0.2, 0.25) is 0 Å². The van der Waals surface area contributed by atoms with Crippen LogP contribution in [0.3, 0.4) is 0 Å². The van der Waals surface area contributed by atoms with Gasteiger partial charge in [0.1, 0.15) is 5.82 Å². The van der Waals surface area contributed by atoms with Crippen molar-refractivity contribution < 1.29 is 9.13 Å². The van der Waals surface area contributed by atoms with E-state index in [0.29, 0.717) is 17.9 Å². The number of rotatable bonds is 7. The Balaban J connectivity index is 1.39. The molecule has 0 radical (unpaired) electrons. The first-order valence-corrected chi connectivity index (χ1v) is 12.7. The normalized spacial score (nSPS) is 26.7. The van der Waals surface area contributed by atoms with Crippen molar-refractivity contribution >= 4 is 0 Å². The van der Waals surface area contributed by atoms with Crippen LogP contribution in [0.2, 0.25) is 0 Å². The zero-order valence-corrected chi connectivity index (χ0v) is 19.4. The van der Waals surface area contributed by atoms with Gasteiger partial charge in [0.15, 0.2) is 0 Å². The van der Waals surface area contributed by atoms with E-state index in [1.807, 2.05) is 6.07 Å². The maximum Gasteiger partial charge on any atom is 0.131 e. The monoisotopic (exact) mass is 422 g/mol. The Morgan fingerprint density at radius 2 is 1.39 bits per heavy atom. The van der Waals surface area contributed by atoms with Gasteiger partial charge in [-0.2, -0.15) is 0 Å². The molecule has 0 saturated heterocycles. The van der Waals surface area contributed by atoms with Crippen LogP contribution in [0.25, 0.3) is 11.1 Å². The van der Waals surface area contributed by atoms with E-state index in [-0.39, 0.29) is 5.82 Å². The number of ether oxygens (including phenoxy) is 1. The molecule has 0 heterocycles. The van der Waals surface area contributed by atoms with Crippen LogP contribution in [0.1, 0.15) is 101 Å². The summed E-state index contributed by atoms with van der Waals surface area (Å²) in [5, 5.41) is 0. The highest BCUT2D eigenvalue weighted by Gasteiger charge is 2.24. The molecule has 31 heavy (non-hydrogen) atoms. The maximum atomic E-state index is 15.0. The van der Waals surface area contributed by atoms with E-state index in [9.17, 15) is 0 Å². The third kappa shape index (κ3) is 5.58. The van der Waals surface area contributed by atoms with Crippen molar-refractivity contribution in [3.05, 3.63) is 59.4 Å². The van der Waals surface area contributed by atoms with E-state index < -0.39 is 0 Å². The van der Waals surface area contributed by atoms with Crippen molar-refractivity contribution in [2.75, 3.05) is 6.61 Å². The first-order valence-electron chi connectivity index (χ1n) is 12.7. The first kappa shape index (κ1) is 22.5. The number of halogens is 1. The van der Waals surface area contributed by atoms with Crippen molar-refractivity contribution in [3.8, 4) is 11.1 Å². The van der Waals surface area contributed by atoms with Gasteiger partial charge in [-0.15, -0.1) is 0 Å². The van der Waals surface area contributed by atoms with Gasteiger partial charge in [-0.05, 0) is 98.8 Å². The van der Waals surface area contributed by atoms with Gasteiger partial charge in [0.25, 0.3) is 0 Å². The predicted octanol–water partition coefficient (Wildman–Crippen LogP) is 8.63. The summed E-state index contributed by atoms with van der Waals surface area (Å²) in [5.74, 6) is 1.99. The second-order valence-electron chi connectivity index (χ2n) is 9.80. The fourth-order valence-electron chi connectivity index (χ4n) is 5.95. The van der Waals surface area contributed by atoms with Crippen molar-refractivity contribution in [2.45, 2.75) is 96.0 Å². The smallest absolute Gasteiger partial charge is 0.131 e. The molecule has 2 aromatic rings. The Morgan fingerprint density at radius 1 is 0.774 bits per heavy atom. The minimum atomic E-state index is -0.0859. The molecule has 0 N–H and O–H groups in total. The van der Waals surface area contributed by atoms with Gasteiger partial charge >= 0.3 is 0 Å². The molecule has 0 amide bonds. The summed E-state index contributed by atoms with van der Waals surface area (Å²) < 4.78 is 20.8. The van der Waals surface area contributed by atoms with Gasteiger partial charge in [-0.25, -0.2) is 4.39 Å². The predicted molar refractivity (Wildman–Crippen MR) is 128 cm³/mol. The van der Waals surface area contributed by atoms with Crippen molar-refractivity contribution in [1.82, 2.24) is 0 Å². The van der Waals surface area contributed by atoms with Crippen molar-refractivity contribution in [3.63, 3.8) is 0 Å². The van der Waals surface area contributed by atoms with Crippen molar-refractivity contribution in [1.29, 1.82) is 0 Å². The Kier molecular flexibility index (Phi) is 7.82. The molecule has 2 aliphatic carbocycles. The fourth-order valence-corrected chi connectivity index (χ4v) is 5.95. The lowest BCUT2D eigenvalue weighted by atomic mass is 9.77. The van der Waals surface area contributed by atoms with Crippen LogP contribution in [0, 0.1) is 11.7 Å². The van der Waals surface area contributed by atoms with Gasteiger partial charge < -0.3 is 4.74 Å². The van der Waals surface area contributed by atoms with Gasteiger partial charge in [-0.1, -0.05) is 56.2 Å². The van der Waals surface area contributed by atoms with Crippen LogP contribution < -0.4 is 0 Å². The van der Waals surface area contributed by atoms with E-state index in [1.165, 1.54) is 44.1 Å². The second-order valence-corrected chi connectivity index (χ2v) is 9.80. The van der Waals surface area contributed by atoms with E-state index in [0.717, 1.165) is 54.9 Å². The van der Waals surface area contributed by atoms with Crippen LogP contribution in [0.15, 0.2) is 42.5 Å². The molecule has 0 aromatic heterocycles. The molecule has 0 spiro atoms. The van der Waals surface area contributed by atoms with Crippen LogP contribution in [0.5, 0.6) is 0 Å². The van der Waals surface area contributed by atoms with Crippen LogP contribution in [-0.4, -0.2) is 12.7 Å². The van der Waals surface area contributed by atoms with Gasteiger partial charge in [0.05, 0.1) is 6.10 Å². The van der Waals surface area contributed by atoms with Crippen LogP contribution >= 0.6 is 0 Å². The summed E-state index contributed by atoms with van der Waals surface area (Å²) in [6.07, 6.45) is 12.8. The van der Waals surface area contributed by atoms with E-state index in [4.69, 9.17) is 4.74 Å². The topological polar surface area (TPSA) is 9.23 Å². The zero-order chi connectivity index (χ0) is 21.6. The van der Waals surface area contributed by atoms with Crippen molar-refractivity contribution in [2.24, 2.45) is 5.92 Å². The average Bonchev–Trinajstić information content (AvgIpc) is 2.81. The Morgan fingerprint density at radius 3 is 2.00 bits per heavy atom. The minimum absolute atomic E-state index is 0.0859. The minimum Gasteiger partial charge on any atom is -0.379 e. The molecule has 0 unspecified atom stereocenters. The molecule has 4 rings (SSSR count). The van der Waals surface area contributed by atoms with Gasteiger partial charge in [-0.3, -0.25) is 0 Å². The number of hydrogen-bond acceptors (Lipinski definition) is 1. The lowest BCUT2D eigenvalue weighted by Gasteiger charge is -2.29. The number of benzene rings is 2. The van der Waals surface area contributed by atoms with E-state index in [1.54, 1.807) is 6.07 Å². The first-order chi connectivity index (χ1) is 15.2. The Labute approximate surface area is 188 Å². The molecule has 0 bridgehead atoms. The molecule has 2 aromatic carbocycles. The molecule has 1 nitrogen and oxygen atoms in total. The summed E-state index contributed by atoms with van der Waals surface area (Å²) in [5.41, 5.74) is 4.30. The quantitative estimate of drug-likeness (QED) is 0.434. The Hall–Kier alpha value is -1.67. The fraction of sp³-hybridized carbons (Fsp3) is 0.586. The summed E-state index contributed by atoms with van der Waals surface area (Å²) in [6.45, 7) is 5.14. The zero-order valence-electron chi connectivity index (χ0n) is 19.4. The molecule has 2 heteroatoms. The third-order valence-electron chi connectivity index (χ3n) is 7.78. The number of hydrogen-bond donors (Lipinski definition) is 0. The SMILES string of the molecule is CCCC1CCC(c2ccc(-c3ccc(C4CCC(OCC)CC4)cc3F)cc2)CC1. The van der Waals surface area contributed by atoms with Crippen LogP contribution in [-0.2, 0) is 4.74 Å². The standard InChI is InChI=1S/C29H39FO/c1-3-5-21-6-8-22(9-7-21)23-10-12-25(13-11-23)28-19-16-26(20-29(28)30)24-14-17-27(18-15-24)31-4-2/h10-13,16,19-22,24,27H,3-9,14-15,17-18H2,1-2H3. The summed E-state index contributed by atoms with van der Waals surface area (Å²) in [6, 6.07) is 14.6. The summed E-state index contributed by atoms with van der Waals surface area (Å²) >= 11 is 0. The molecule has 2 fully saturated rings. The molecule has 0 atom stereocenters. The largest absolute Gasteiger partial charge is 0.379 e. The highest BCUT2D eigenvalue weighted by molar-refractivity contribution is 5.65. The summed E-state index contributed by atoms with van der Waals surface area (Å²) in [4.78, 5) is 0. The highest BCUT2D eigenvalue weighted by atomic mass is 19.1. The maximum absolute atomic E-state index is 15.0. The van der Waals surface area contributed by atoms with E-state index >= 15 is 4.39 Å². The molecule has 2 saturated carbocycles. The molecule has 2 aliphatic rings. The van der Waals surface area contributed by atoms with Gasteiger partial charge in [0, 0.05) is 12.2 Å². The lowest BCUT2D eigenvalue weighted by Crippen LogP contribution is -2.20.